The minimum atomic E-state index is 0.226. The Morgan fingerprint density at radius 2 is 2.29 bits per heavy atom. The summed E-state index contributed by atoms with van der Waals surface area (Å²) in [6.45, 7) is 5.01. The lowest BCUT2D eigenvalue weighted by atomic mass is 10.0. The molecule has 92 valence electrons. The van der Waals surface area contributed by atoms with Crippen molar-refractivity contribution in [2.24, 2.45) is 5.92 Å². The zero-order chi connectivity index (χ0) is 12.4. The van der Waals surface area contributed by atoms with Crippen molar-refractivity contribution in [3.05, 3.63) is 23.8 Å². The molecule has 1 aliphatic heterocycles. The summed E-state index contributed by atoms with van der Waals surface area (Å²) >= 11 is 0. The van der Waals surface area contributed by atoms with Gasteiger partial charge in [0.15, 0.2) is 0 Å². The molecule has 1 aliphatic rings. The van der Waals surface area contributed by atoms with E-state index in [0.717, 1.165) is 36.3 Å². The van der Waals surface area contributed by atoms with E-state index >= 15 is 0 Å². The fourth-order valence-corrected chi connectivity index (χ4v) is 2.27. The summed E-state index contributed by atoms with van der Waals surface area (Å²) in [5.74, 6) is 0.677. The molecule has 2 N–H and O–H groups in total. The Morgan fingerprint density at radius 1 is 1.53 bits per heavy atom. The van der Waals surface area contributed by atoms with Gasteiger partial charge in [0.2, 0.25) is 5.91 Å². The monoisotopic (exact) mass is 232 g/mol. The van der Waals surface area contributed by atoms with Crippen LogP contribution in [0.15, 0.2) is 18.2 Å². The Hall–Kier alpha value is -1.51. The SMILES string of the molecule is CCC(C)CC(=O)N1CCc2c(N)cccc21. The minimum Gasteiger partial charge on any atom is -0.398 e. The van der Waals surface area contributed by atoms with Gasteiger partial charge in [-0.25, -0.2) is 0 Å². The van der Waals surface area contributed by atoms with E-state index in [9.17, 15) is 4.79 Å². The Kier molecular flexibility index (Phi) is 3.36. The van der Waals surface area contributed by atoms with E-state index in [4.69, 9.17) is 5.73 Å². The normalized spacial score (nSPS) is 15.8. The third-order valence-corrected chi connectivity index (χ3v) is 3.58. The molecule has 0 spiro atoms. The van der Waals surface area contributed by atoms with Crippen molar-refractivity contribution in [3.63, 3.8) is 0 Å². The first-order valence-corrected chi connectivity index (χ1v) is 6.31. The molecule has 0 saturated carbocycles. The third-order valence-electron chi connectivity index (χ3n) is 3.58. The molecule has 3 heteroatoms. The van der Waals surface area contributed by atoms with Crippen molar-refractivity contribution >= 4 is 17.3 Å². The summed E-state index contributed by atoms with van der Waals surface area (Å²) in [6.07, 6.45) is 2.56. The van der Waals surface area contributed by atoms with E-state index in [1.54, 1.807) is 0 Å². The number of hydrogen-bond acceptors (Lipinski definition) is 2. The zero-order valence-electron chi connectivity index (χ0n) is 10.6. The van der Waals surface area contributed by atoms with Gasteiger partial charge in [0.05, 0.1) is 0 Å². The standard InChI is InChI=1S/C14H20N2O/c1-3-10(2)9-14(17)16-8-7-11-12(15)5-4-6-13(11)16/h4-6,10H,3,7-9,15H2,1-2H3. The quantitative estimate of drug-likeness (QED) is 0.814. The van der Waals surface area contributed by atoms with E-state index in [1.165, 1.54) is 0 Å². The number of nitrogens with two attached hydrogens (primary N) is 1. The molecule has 1 aromatic carbocycles. The molecular formula is C14H20N2O. The summed E-state index contributed by atoms with van der Waals surface area (Å²) in [5, 5.41) is 0. The maximum absolute atomic E-state index is 12.2. The Labute approximate surface area is 103 Å². The number of fused-ring (bicyclic) bond motifs is 1. The summed E-state index contributed by atoms with van der Waals surface area (Å²) < 4.78 is 0. The molecule has 1 atom stereocenters. The van der Waals surface area contributed by atoms with Crippen molar-refractivity contribution in [1.82, 2.24) is 0 Å². The van der Waals surface area contributed by atoms with Crippen LogP contribution in [0.2, 0.25) is 0 Å². The second-order valence-corrected chi connectivity index (χ2v) is 4.86. The second-order valence-electron chi connectivity index (χ2n) is 4.86. The van der Waals surface area contributed by atoms with Gasteiger partial charge < -0.3 is 10.6 Å². The highest BCUT2D eigenvalue weighted by Gasteiger charge is 2.26. The number of anilines is 2. The number of nitrogen functional groups attached to an aromatic ring is 1. The lowest BCUT2D eigenvalue weighted by molar-refractivity contribution is -0.119. The number of amides is 1. The van der Waals surface area contributed by atoms with Gasteiger partial charge in [0, 0.05) is 29.9 Å². The summed E-state index contributed by atoms with van der Waals surface area (Å²) in [6, 6.07) is 5.82. The molecule has 0 saturated heterocycles. The van der Waals surface area contributed by atoms with E-state index in [1.807, 2.05) is 23.1 Å². The van der Waals surface area contributed by atoms with Crippen molar-refractivity contribution in [2.45, 2.75) is 33.1 Å². The van der Waals surface area contributed by atoms with Gasteiger partial charge in [-0.05, 0) is 24.5 Å². The molecule has 3 nitrogen and oxygen atoms in total. The molecule has 2 rings (SSSR count). The molecule has 0 fully saturated rings. The lowest BCUT2D eigenvalue weighted by Crippen LogP contribution is -2.30. The number of nitrogens with zero attached hydrogens (tertiary/aromatic N) is 1. The second kappa shape index (κ2) is 4.78. The molecule has 1 aromatic rings. The van der Waals surface area contributed by atoms with Crippen LogP contribution in [0.5, 0.6) is 0 Å². The molecule has 0 aliphatic carbocycles. The van der Waals surface area contributed by atoms with Crippen LogP contribution in [-0.2, 0) is 11.2 Å². The van der Waals surface area contributed by atoms with Crippen LogP contribution in [-0.4, -0.2) is 12.5 Å². The van der Waals surface area contributed by atoms with Gasteiger partial charge in [0.1, 0.15) is 0 Å². The highest BCUT2D eigenvalue weighted by Crippen LogP contribution is 2.32. The molecule has 0 radical (unpaired) electrons. The smallest absolute Gasteiger partial charge is 0.227 e. The average Bonchev–Trinajstić information content (AvgIpc) is 2.74. The number of rotatable bonds is 3. The molecular weight excluding hydrogens is 212 g/mol. The average molecular weight is 232 g/mol. The highest BCUT2D eigenvalue weighted by atomic mass is 16.2. The van der Waals surface area contributed by atoms with E-state index in [2.05, 4.69) is 13.8 Å². The Bertz CT molecular complexity index is 428. The van der Waals surface area contributed by atoms with Crippen molar-refractivity contribution in [1.29, 1.82) is 0 Å². The predicted molar refractivity (Wildman–Crippen MR) is 71.0 cm³/mol. The van der Waals surface area contributed by atoms with Crippen molar-refractivity contribution in [3.8, 4) is 0 Å². The highest BCUT2D eigenvalue weighted by molar-refractivity contribution is 5.96. The summed E-state index contributed by atoms with van der Waals surface area (Å²) in [7, 11) is 0. The maximum Gasteiger partial charge on any atom is 0.227 e. The van der Waals surface area contributed by atoms with Crippen LogP contribution in [0.3, 0.4) is 0 Å². The van der Waals surface area contributed by atoms with Gasteiger partial charge in [-0.3, -0.25) is 4.79 Å². The van der Waals surface area contributed by atoms with E-state index in [0.29, 0.717) is 12.3 Å². The number of hydrogen-bond donors (Lipinski definition) is 1. The fraction of sp³-hybridized carbons (Fsp3) is 0.500. The van der Waals surface area contributed by atoms with E-state index in [-0.39, 0.29) is 5.91 Å². The fourth-order valence-electron chi connectivity index (χ4n) is 2.27. The molecule has 0 aromatic heterocycles. The van der Waals surface area contributed by atoms with Crippen LogP contribution in [0.25, 0.3) is 0 Å². The van der Waals surface area contributed by atoms with Crippen molar-refractivity contribution in [2.75, 3.05) is 17.2 Å². The Balaban J connectivity index is 2.17. The van der Waals surface area contributed by atoms with Crippen LogP contribution < -0.4 is 10.6 Å². The van der Waals surface area contributed by atoms with Crippen LogP contribution in [0, 0.1) is 5.92 Å². The molecule has 1 unspecified atom stereocenters. The van der Waals surface area contributed by atoms with Gasteiger partial charge in [0.25, 0.3) is 0 Å². The molecule has 1 amide bonds. The van der Waals surface area contributed by atoms with Gasteiger partial charge in [-0.1, -0.05) is 26.3 Å². The third kappa shape index (κ3) is 2.28. The Morgan fingerprint density at radius 3 is 3.00 bits per heavy atom. The zero-order valence-corrected chi connectivity index (χ0v) is 10.6. The number of carbonyl (C=O) groups is 1. The van der Waals surface area contributed by atoms with E-state index < -0.39 is 0 Å². The molecule has 17 heavy (non-hydrogen) atoms. The van der Waals surface area contributed by atoms with Crippen LogP contribution in [0.1, 0.15) is 32.3 Å². The summed E-state index contributed by atoms with van der Waals surface area (Å²) in [5.41, 5.74) is 8.87. The van der Waals surface area contributed by atoms with Crippen LogP contribution >= 0.6 is 0 Å². The number of benzene rings is 1. The summed E-state index contributed by atoms with van der Waals surface area (Å²) in [4.78, 5) is 14.1. The first kappa shape index (κ1) is 12.0. The van der Waals surface area contributed by atoms with Gasteiger partial charge >= 0.3 is 0 Å². The topological polar surface area (TPSA) is 46.3 Å². The molecule has 0 bridgehead atoms. The van der Waals surface area contributed by atoms with Gasteiger partial charge in [-0.15, -0.1) is 0 Å². The van der Waals surface area contributed by atoms with Crippen LogP contribution in [0.4, 0.5) is 11.4 Å². The first-order chi connectivity index (χ1) is 8.13. The minimum absolute atomic E-state index is 0.226. The predicted octanol–water partition coefficient (Wildman–Crippen LogP) is 2.59. The first-order valence-electron chi connectivity index (χ1n) is 6.31. The van der Waals surface area contributed by atoms with Gasteiger partial charge in [-0.2, -0.15) is 0 Å². The molecule has 1 heterocycles. The number of carbonyl (C=O) groups excluding carboxylic acids is 1. The maximum atomic E-state index is 12.2. The lowest BCUT2D eigenvalue weighted by Gasteiger charge is -2.19. The largest absolute Gasteiger partial charge is 0.398 e. The van der Waals surface area contributed by atoms with Crippen molar-refractivity contribution < 1.29 is 4.79 Å².